The Morgan fingerprint density at radius 3 is 2.42 bits per heavy atom. The number of hydrogen-bond donors (Lipinski definition) is 2. The van der Waals surface area contributed by atoms with Crippen LogP contribution in [0.4, 0.5) is 13.2 Å². The third-order valence-corrected chi connectivity index (χ3v) is 5.23. The number of aliphatic hydroxyl groups is 1. The Kier molecular flexibility index (Phi) is 5.48. The average molecular weight is 390 g/mol. The molecule has 0 radical (unpaired) electrons. The fraction of sp³-hybridized carbons (Fsp3) is 0.562. The second-order valence-corrected chi connectivity index (χ2v) is 8.04. The Hall–Kier alpha value is -1.94. The van der Waals surface area contributed by atoms with Gasteiger partial charge in [-0.3, -0.25) is 4.79 Å². The molecule has 0 bridgehead atoms. The number of hydrogen-bond acceptors (Lipinski definition) is 5. The molecule has 2 rings (SSSR count). The number of aromatic nitrogens is 3. The molecule has 2 N–H and O–H groups in total. The quantitative estimate of drug-likeness (QED) is 0.823. The largest absolute Gasteiger partial charge is 0.424 e. The van der Waals surface area contributed by atoms with E-state index in [0.717, 1.165) is 9.57 Å². The Morgan fingerprint density at radius 2 is 1.96 bits per heavy atom. The fourth-order valence-corrected chi connectivity index (χ4v) is 3.20. The van der Waals surface area contributed by atoms with Gasteiger partial charge in [0.05, 0.1) is 11.2 Å². The summed E-state index contributed by atoms with van der Waals surface area (Å²) in [5.41, 5.74) is -3.37. The first-order valence-electron chi connectivity index (χ1n) is 7.87. The molecule has 1 atom stereocenters. The number of nitrogens with zero attached hydrogens (tertiary/aromatic N) is 3. The monoisotopic (exact) mass is 390 g/mol. The number of carbonyl (C=O) groups excluding carboxylic acids is 1. The van der Waals surface area contributed by atoms with Gasteiger partial charge in [0, 0.05) is 37.8 Å². The van der Waals surface area contributed by atoms with Crippen molar-refractivity contribution < 1.29 is 23.1 Å². The molecule has 1 amide bonds. The lowest BCUT2D eigenvalue weighted by molar-refractivity contribution is -0.272. The van der Waals surface area contributed by atoms with E-state index in [0.29, 0.717) is 4.88 Å². The van der Waals surface area contributed by atoms with Crippen LogP contribution in [0.5, 0.6) is 0 Å². The van der Waals surface area contributed by atoms with E-state index in [-0.39, 0.29) is 12.0 Å². The molecule has 0 aliphatic rings. The summed E-state index contributed by atoms with van der Waals surface area (Å²) >= 11 is 1.19. The number of thiazole rings is 1. The van der Waals surface area contributed by atoms with Crippen molar-refractivity contribution in [2.75, 3.05) is 6.54 Å². The predicted octanol–water partition coefficient (Wildman–Crippen LogP) is 2.74. The highest BCUT2D eigenvalue weighted by Gasteiger charge is 2.57. The number of carbonyl (C=O) groups is 1. The maximum Gasteiger partial charge on any atom is 0.424 e. The SMILES string of the molecule is Cn1ccnc1C(O)(CCNC(=O)c1cnc(C(C)(C)C)s1)C(F)(F)F. The van der Waals surface area contributed by atoms with Gasteiger partial charge < -0.3 is 15.0 Å². The molecule has 0 aliphatic heterocycles. The first kappa shape index (κ1) is 20.4. The summed E-state index contributed by atoms with van der Waals surface area (Å²) in [6.45, 7) is 5.47. The number of rotatable bonds is 5. The van der Waals surface area contributed by atoms with Crippen LogP contribution in [0.25, 0.3) is 0 Å². The van der Waals surface area contributed by atoms with Crippen LogP contribution in [0.3, 0.4) is 0 Å². The molecule has 0 aliphatic carbocycles. The van der Waals surface area contributed by atoms with Crippen molar-refractivity contribution >= 4 is 17.2 Å². The maximum absolute atomic E-state index is 13.4. The third-order valence-electron chi connectivity index (χ3n) is 3.80. The summed E-state index contributed by atoms with van der Waals surface area (Å²) in [6.07, 6.45) is -1.79. The summed E-state index contributed by atoms with van der Waals surface area (Å²) in [4.78, 5) is 20.2. The zero-order valence-corrected chi connectivity index (χ0v) is 15.7. The second kappa shape index (κ2) is 6.99. The molecule has 10 heteroatoms. The summed E-state index contributed by atoms with van der Waals surface area (Å²) in [6, 6.07) is 0. The average Bonchev–Trinajstić information content (AvgIpc) is 3.14. The molecule has 0 aromatic carbocycles. The molecular weight excluding hydrogens is 369 g/mol. The van der Waals surface area contributed by atoms with Crippen molar-refractivity contribution in [1.29, 1.82) is 0 Å². The van der Waals surface area contributed by atoms with Crippen molar-refractivity contribution in [3.05, 3.63) is 34.3 Å². The van der Waals surface area contributed by atoms with Crippen LogP contribution in [0.15, 0.2) is 18.6 Å². The van der Waals surface area contributed by atoms with E-state index >= 15 is 0 Å². The molecule has 2 aromatic rings. The molecule has 2 heterocycles. The van der Waals surface area contributed by atoms with Gasteiger partial charge in [-0.25, -0.2) is 9.97 Å². The minimum Gasteiger partial charge on any atom is -0.374 e. The van der Waals surface area contributed by atoms with Gasteiger partial charge in [0.1, 0.15) is 10.7 Å². The minimum atomic E-state index is -4.93. The number of imidazole rings is 1. The Morgan fingerprint density at radius 1 is 1.31 bits per heavy atom. The molecule has 2 aromatic heterocycles. The van der Waals surface area contributed by atoms with E-state index in [9.17, 15) is 23.1 Å². The highest BCUT2D eigenvalue weighted by atomic mass is 32.1. The summed E-state index contributed by atoms with van der Waals surface area (Å²) in [5, 5.41) is 13.4. The van der Waals surface area contributed by atoms with Gasteiger partial charge in [0.2, 0.25) is 5.60 Å². The van der Waals surface area contributed by atoms with Crippen molar-refractivity contribution in [3.63, 3.8) is 0 Å². The van der Waals surface area contributed by atoms with Crippen LogP contribution in [0.2, 0.25) is 0 Å². The molecule has 0 spiro atoms. The van der Waals surface area contributed by atoms with Crippen LogP contribution in [-0.2, 0) is 18.1 Å². The summed E-state index contributed by atoms with van der Waals surface area (Å²) in [5.74, 6) is -1.05. The normalized spacial score (nSPS) is 14.9. The van der Waals surface area contributed by atoms with E-state index < -0.39 is 29.9 Å². The predicted molar refractivity (Wildman–Crippen MR) is 90.9 cm³/mol. The first-order valence-corrected chi connectivity index (χ1v) is 8.69. The van der Waals surface area contributed by atoms with Gasteiger partial charge in [-0.1, -0.05) is 20.8 Å². The molecule has 26 heavy (non-hydrogen) atoms. The number of halogens is 3. The van der Waals surface area contributed by atoms with E-state index in [1.807, 2.05) is 20.8 Å². The third kappa shape index (κ3) is 4.07. The second-order valence-electron chi connectivity index (χ2n) is 7.01. The van der Waals surface area contributed by atoms with Gasteiger partial charge in [-0.05, 0) is 0 Å². The van der Waals surface area contributed by atoms with Crippen LogP contribution < -0.4 is 5.32 Å². The zero-order chi connectivity index (χ0) is 19.8. The molecule has 144 valence electrons. The van der Waals surface area contributed by atoms with E-state index in [2.05, 4.69) is 15.3 Å². The minimum absolute atomic E-state index is 0.224. The lowest BCUT2D eigenvalue weighted by Crippen LogP contribution is -2.46. The van der Waals surface area contributed by atoms with Crippen molar-refractivity contribution in [3.8, 4) is 0 Å². The van der Waals surface area contributed by atoms with E-state index in [4.69, 9.17) is 0 Å². The zero-order valence-electron chi connectivity index (χ0n) is 14.9. The lowest BCUT2D eigenvalue weighted by atomic mass is 9.97. The highest BCUT2D eigenvalue weighted by molar-refractivity contribution is 7.13. The molecule has 0 saturated heterocycles. The Balaban J connectivity index is 2.08. The fourth-order valence-electron chi connectivity index (χ4n) is 2.31. The van der Waals surface area contributed by atoms with Crippen LogP contribution in [0, 0.1) is 0 Å². The number of alkyl halides is 3. The van der Waals surface area contributed by atoms with Gasteiger partial charge in [-0.15, -0.1) is 11.3 Å². The Labute approximate surface area is 153 Å². The van der Waals surface area contributed by atoms with E-state index in [1.54, 1.807) is 0 Å². The Bertz CT molecular complexity index is 779. The van der Waals surface area contributed by atoms with E-state index in [1.165, 1.54) is 37.0 Å². The standard InChI is InChI=1S/C16H21F3N4O2S/c1-14(2,3)13-22-9-10(26-13)11(24)20-6-5-15(25,16(17,18)19)12-21-7-8-23(12)4/h7-9,25H,5-6H2,1-4H3,(H,20,24). The van der Waals surface area contributed by atoms with Crippen LogP contribution in [0.1, 0.15) is 47.7 Å². The summed E-state index contributed by atoms with van der Waals surface area (Å²) in [7, 11) is 1.36. The lowest BCUT2D eigenvalue weighted by Gasteiger charge is -2.29. The molecule has 0 saturated carbocycles. The first-order chi connectivity index (χ1) is 11.9. The topological polar surface area (TPSA) is 80.0 Å². The maximum atomic E-state index is 13.4. The number of amides is 1. The van der Waals surface area contributed by atoms with Gasteiger partial charge in [0.25, 0.3) is 5.91 Å². The number of aryl methyl sites for hydroxylation is 1. The molecule has 1 unspecified atom stereocenters. The van der Waals surface area contributed by atoms with Gasteiger partial charge in [-0.2, -0.15) is 13.2 Å². The van der Waals surface area contributed by atoms with Crippen molar-refractivity contribution in [2.24, 2.45) is 7.05 Å². The molecule has 6 nitrogen and oxygen atoms in total. The number of nitrogens with one attached hydrogen (secondary N) is 1. The van der Waals surface area contributed by atoms with Crippen LogP contribution in [-0.4, -0.2) is 38.3 Å². The molecule has 0 fully saturated rings. The molecular formula is C16H21F3N4O2S. The van der Waals surface area contributed by atoms with Gasteiger partial charge >= 0.3 is 6.18 Å². The van der Waals surface area contributed by atoms with Gasteiger partial charge in [0.15, 0.2) is 0 Å². The van der Waals surface area contributed by atoms with Crippen LogP contribution >= 0.6 is 11.3 Å². The van der Waals surface area contributed by atoms with Crippen molar-refractivity contribution in [2.45, 2.75) is 44.4 Å². The highest BCUT2D eigenvalue weighted by Crippen LogP contribution is 2.40. The van der Waals surface area contributed by atoms with Crippen molar-refractivity contribution in [1.82, 2.24) is 19.9 Å². The summed E-state index contributed by atoms with van der Waals surface area (Å²) < 4.78 is 41.3. The smallest absolute Gasteiger partial charge is 0.374 e.